The number of nitrogens with zero attached hydrogens (tertiary/aromatic N) is 6. The number of benzene rings is 1. The van der Waals surface area contributed by atoms with E-state index in [1.807, 2.05) is 18.2 Å². The molecule has 0 radical (unpaired) electrons. The van der Waals surface area contributed by atoms with E-state index in [4.69, 9.17) is 5.73 Å². The van der Waals surface area contributed by atoms with Crippen molar-refractivity contribution in [3.05, 3.63) is 30.1 Å². The molecule has 3 heterocycles. The van der Waals surface area contributed by atoms with E-state index in [1.165, 1.54) is 29.8 Å². The predicted octanol–water partition coefficient (Wildman–Crippen LogP) is 1.06. The van der Waals surface area contributed by atoms with Crippen LogP contribution >= 0.6 is 23.5 Å². The number of imidazole rings is 1. The number of aromatic nitrogens is 6. The zero-order valence-electron chi connectivity index (χ0n) is 13.5. The zero-order chi connectivity index (χ0) is 18.1. The lowest BCUT2D eigenvalue weighted by Gasteiger charge is -2.11. The van der Waals surface area contributed by atoms with Gasteiger partial charge in [0.2, 0.25) is 0 Å². The van der Waals surface area contributed by atoms with E-state index in [-0.39, 0.29) is 19.0 Å². The molecular weight excluding hydrogens is 374 g/mol. The molecule has 3 aromatic heterocycles. The number of hydrogen-bond acceptors (Lipinski definition) is 10. The Labute approximate surface area is 156 Å². The Balaban J connectivity index is 1.65. The Kier molecular flexibility index (Phi) is 4.68. The molecule has 0 saturated carbocycles. The number of anilines is 1. The Morgan fingerprint density at radius 3 is 2.92 bits per heavy atom. The molecule has 0 bridgehead atoms. The van der Waals surface area contributed by atoms with Crippen LogP contribution in [-0.2, 0) is 12.3 Å². The largest absolute Gasteiger partial charge is 0.394 e. The summed E-state index contributed by atoms with van der Waals surface area (Å²) in [4.78, 5) is 12.7. The van der Waals surface area contributed by atoms with Crippen LogP contribution in [0.25, 0.3) is 22.2 Å². The molecule has 4 aromatic rings. The molecule has 134 valence electrons. The van der Waals surface area contributed by atoms with Gasteiger partial charge in [0, 0.05) is 5.75 Å². The van der Waals surface area contributed by atoms with Crippen LogP contribution in [0, 0.1) is 0 Å². The van der Waals surface area contributed by atoms with Gasteiger partial charge in [-0.15, -0.1) is 0 Å². The van der Waals surface area contributed by atoms with Crippen LogP contribution in [0.5, 0.6) is 0 Å². The Bertz CT molecular complexity index is 1060. The molecule has 0 aliphatic carbocycles. The van der Waals surface area contributed by atoms with Gasteiger partial charge in [0.25, 0.3) is 0 Å². The van der Waals surface area contributed by atoms with Crippen molar-refractivity contribution in [2.24, 2.45) is 0 Å². The summed E-state index contributed by atoms with van der Waals surface area (Å²) in [6.45, 7) is -0.182. The number of aliphatic hydroxyl groups is 2. The van der Waals surface area contributed by atoms with E-state index >= 15 is 0 Å². The van der Waals surface area contributed by atoms with Gasteiger partial charge in [-0.2, -0.15) is 8.75 Å². The SMILES string of the molecule is Nc1ncnc2c1nc(SCc1ccc3nsnc3c1)n2C[C@@H](O)CO. The summed E-state index contributed by atoms with van der Waals surface area (Å²) < 4.78 is 10.2. The molecular formula is C15H15N7O2S2. The normalized spacial score (nSPS) is 12.8. The average Bonchev–Trinajstić information content (AvgIpc) is 3.25. The highest BCUT2D eigenvalue weighted by atomic mass is 32.2. The van der Waals surface area contributed by atoms with Crippen molar-refractivity contribution in [2.75, 3.05) is 12.3 Å². The van der Waals surface area contributed by atoms with E-state index in [2.05, 4.69) is 23.7 Å². The molecule has 1 aromatic carbocycles. The second-order valence-electron chi connectivity index (χ2n) is 5.65. The predicted molar refractivity (Wildman–Crippen MR) is 99.8 cm³/mol. The van der Waals surface area contributed by atoms with Crippen molar-refractivity contribution in [1.29, 1.82) is 0 Å². The van der Waals surface area contributed by atoms with E-state index in [1.54, 1.807) is 4.57 Å². The highest BCUT2D eigenvalue weighted by Crippen LogP contribution is 2.28. The summed E-state index contributed by atoms with van der Waals surface area (Å²) in [6.07, 6.45) is 0.444. The number of aliphatic hydroxyl groups excluding tert-OH is 2. The molecule has 11 heteroatoms. The monoisotopic (exact) mass is 389 g/mol. The van der Waals surface area contributed by atoms with E-state index in [9.17, 15) is 10.2 Å². The van der Waals surface area contributed by atoms with Gasteiger partial charge in [0.15, 0.2) is 22.1 Å². The maximum absolute atomic E-state index is 9.87. The van der Waals surface area contributed by atoms with Crippen LogP contribution in [0.1, 0.15) is 5.56 Å². The molecule has 0 aliphatic rings. The van der Waals surface area contributed by atoms with E-state index < -0.39 is 6.10 Å². The van der Waals surface area contributed by atoms with Crippen LogP contribution in [0.2, 0.25) is 0 Å². The van der Waals surface area contributed by atoms with Gasteiger partial charge in [-0.25, -0.2) is 15.0 Å². The number of fused-ring (bicyclic) bond motifs is 2. The average molecular weight is 389 g/mol. The summed E-state index contributed by atoms with van der Waals surface area (Å²) in [5.41, 5.74) is 9.74. The molecule has 9 nitrogen and oxygen atoms in total. The summed E-state index contributed by atoms with van der Waals surface area (Å²) in [6, 6.07) is 5.94. The first-order valence-electron chi connectivity index (χ1n) is 7.75. The van der Waals surface area contributed by atoms with Crippen molar-refractivity contribution in [1.82, 2.24) is 28.3 Å². The topological polar surface area (TPSA) is 136 Å². The maximum atomic E-state index is 9.87. The van der Waals surface area contributed by atoms with Gasteiger partial charge in [0.05, 0.1) is 31.0 Å². The van der Waals surface area contributed by atoms with Gasteiger partial charge in [-0.05, 0) is 17.7 Å². The quantitative estimate of drug-likeness (QED) is 0.413. The lowest BCUT2D eigenvalue weighted by atomic mass is 10.2. The van der Waals surface area contributed by atoms with Gasteiger partial charge >= 0.3 is 0 Å². The van der Waals surface area contributed by atoms with Crippen molar-refractivity contribution in [2.45, 2.75) is 23.6 Å². The first-order valence-corrected chi connectivity index (χ1v) is 9.47. The number of nitrogen functional groups attached to an aromatic ring is 1. The number of hydrogen-bond donors (Lipinski definition) is 3. The fourth-order valence-electron chi connectivity index (χ4n) is 2.54. The molecule has 26 heavy (non-hydrogen) atoms. The fraction of sp³-hybridized carbons (Fsp3) is 0.267. The van der Waals surface area contributed by atoms with Crippen LogP contribution in [-0.4, -0.2) is 51.2 Å². The zero-order valence-corrected chi connectivity index (χ0v) is 15.1. The fourth-order valence-corrected chi connectivity index (χ4v) is 4.01. The highest BCUT2D eigenvalue weighted by molar-refractivity contribution is 7.98. The third-order valence-electron chi connectivity index (χ3n) is 3.82. The van der Waals surface area contributed by atoms with Gasteiger partial charge in [0.1, 0.15) is 17.4 Å². The molecule has 0 saturated heterocycles. The van der Waals surface area contributed by atoms with E-state index in [0.717, 1.165) is 16.6 Å². The van der Waals surface area contributed by atoms with Crippen LogP contribution in [0.4, 0.5) is 5.82 Å². The Morgan fingerprint density at radius 1 is 1.23 bits per heavy atom. The third kappa shape index (κ3) is 3.21. The molecule has 0 spiro atoms. The minimum absolute atomic E-state index is 0.167. The lowest BCUT2D eigenvalue weighted by Crippen LogP contribution is -2.20. The molecule has 0 unspecified atom stereocenters. The summed E-state index contributed by atoms with van der Waals surface area (Å²) in [5.74, 6) is 0.934. The summed E-state index contributed by atoms with van der Waals surface area (Å²) >= 11 is 2.68. The van der Waals surface area contributed by atoms with Crippen molar-refractivity contribution < 1.29 is 10.2 Å². The second-order valence-corrected chi connectivity index (χ2v) is 7.12. The molecule has 1 atom stereocenters. The minimum atomic E-state index is -0.916. The van der Waals surface area contributed by atoms with Gasteiger partial charge in [-0.1, -0.05) is 17.8 Å². The summed E-state index contributed by atoms with van der Waals surface area (Å²) in [5, 5.41) is 19.7. The smallest absolute Gasteiger partial charge is 0.170 e. The van der Waals surface area contributed by atoms with Gasteiger partial charge in [-0.3, -0.25) is 0 Å². The van der Waals surface area contributed by atoms with E-state index in [0.29, 0.717) is 22.1 Å². The van der Waals surface area contributed by atoms with Crippen LogP contribution in [0.3, 0.4) is 0 Å². The molecule has 4 rings (SSSR count). The standard InChI is InChI=1S/C15H15N7O2S2/c16-13-12-14(18-7-17-13)22(4-9(24)5-23)15(19-12)25-6-8-1-2-10-11(3-8)21-26-20-10/h1-3,7,9,23-24H,4-6H2,(H2,16,17,18)/t9-/m1/s1. The van der Waals surface area contributed by atoms with Crippen molar-refractivity contribution in [3.8, 4) is 0 Å². The minimum Gasteiger partial charge on any atom is -0.394 e. The Hall–Kier alpha value is -2.34. The van der Waals surface area contributed by atoms with Crippen LogP contribution < -0.4 is 5.73 Å². The van der Waals surface area contributed by atoms with Crippen LogP contribution in [0.15, 0.2) is 29.7 Å². The number of thioether (sulfide) groups is 1. The first kappa shape index (κ1) is 17.1. The third-order valence-corrected chi connectivity index (χ3v) is 5.42. The van der Waals surface area contributed by atoms with Gasteiger partial charge < -0.3 is 20.5 Å². The number of nitrogens with two attached hydrogens (primary N) is 1. The molecule has 0 fully saturated rings. The first-order chi connectivity index (χ1) is 12.7. The Morgan fingerprint density at radius 2 is 2.08 bits per heavy atom. The highest BCUT2D eigenvalue weighted by Gasteiger charge is 2.17. The van der Waals surface area contributed by atoms with Crippen molar-refractivity contribution >= 4 is 51.5 Å². The molecule has 0 amide bonds. The maximum Gasteiger partial charge on any atom is 0.170 e. The second kappa shape index (κ2) is 7.11. The lowest BCUT2D eigenvalue weighted by molar-refractivity contribution is 0.0801. The van der Waals surface area contributed by atoms with Crippen molar-refractivity contribution in [3.63, 3.8) is 0 Å². The molecule has 4 N–H and O–H groups in total. The number of rotatable bonds is 6. The molecule has 0 aliphatic heterocycles. The summed E-state index contributed by atoms with van der Waals surface area (Å²) in [7, 11) is 0.